The van der Waals surface area contributed by atoms with Gasteiger partial charge in [0.2, 0.25) is 0 Å². The maximum Gasteiger partial charge on any atom is 0.0582 e. The largest absolute Gasteiger partial charge is 0.395 e. The van der Waals surface area contributed by atoms with Crippen molar-refractivity contribution in [1.29, 1.82) is 0 Å². The van der Waals surface area contributed by atoms with Crippen molar-refractivity contribution in [2.75, 3.05) is 6.61 Å². The number of hydrogen-bond donors (Lipinski definition) is 2. The van der Waals surface area contributed by atoms with E-state index in [1.54, 1.807) is 0 Å². The van der Waals surface area contributed by atoms with Crippen LogP contribution in [0, 0.1) is 5.92 Å². The predicted octanol–water partition coefficient (Wildman–Crippen LogP) is 1.39. The molecule has 0 bridgehead atoms. The van der Waals surface area contributed by atoms with E-state index in [4.69, 9.17) is 5.11 Å². The molecule has 0 saturated carbocycles. The van der Waals surface area contributed by atoms with Gasteiger partial charge in [-0.05, 0) is 19.3 Å². The molecule has 2 atom stereocenters. The van der Waals surface area contributed by atoms with Gasteiger partial charge in [0.05, 0.1) is 6.61 Å². The first-order valence-electron chi connectivity index (χ1n) is 4.48. The Morgan fingerprint density at radius 1 is 1.27 bits per heavy atom. The van der Waals surface area contributed by atoms with E-state index >= 15 is 0 Å². The Balaban J connectivity index is 3.68. The summed E-state index contributed by atoms with van der Waals surface area (Å²) in [6.45, 7) is 8.80. The van der Waals surface area contributed by atoms with E-state index in [0.29, 0.717) is 12.0 Å². The zero-order chi connectivity index (χ0) is 8.85. The van der Waals surface area contributed by atoms with Gasteiger partial charge in [0.15, 0.2) is 0 Å². The summed E-state index contributed by atoms with van der Waals surface area (Å²) in [5.74, 6) is 0.647. The zero-order valence-corrected chi connectivity index (χ0v) is 8.09. The molecule has 0 fully saturated rings. The average Bonchev–Trinajstić information content (AvgIpc) is 1.99. The van der Waals surface area contributed by atoms with E-state index in [0.717, 1.165) is 6.42 Å². The standard InChI is InChI=1S/C9H21NO/c1-5-9(7(2)3)10-8(4)6-11/h7-11H,5-6H2,1-4H3/t8-,9+/m0/s1. The molecule has 0 aromatic rings. The lowest BCUT2D eigenvalue weighted by Crippen LogP contribution is -2.41. The summed E-state index contributed by atoms with van der Waals surface area (Å²) in [6.07, 6.45) is 1.13. The number of rotatable bonds is 5. The predicted molar refractivity (Wildman–Crippen MR) is 48.6 cm³/mol. The van der Waals surface area contributed by atoms with Gasteiger partial charge in [-0.25, -0.2) is 0 Å². The molecule has 0 aromatic carbocycles. The minimum absolute atomic E-state index is 0.224. The van der Waals surface area contributed by atoms with E-state index in [9.17, 15) is 0 Å². The SMILES string of the molecule is CC[C@@H](N[C@@H](C)CO)C(C)C. The van der Waals surface area contributed by atoms with Crippen LogP contribution in [0.2, 0.25) is 0 Å². The quantitative estimate of drug-likeness (QED) is 0.635. The molecule has 0 aliphatic rings. The summed E-state index contributed by atoms with van der Waals surface area (Å²) >= 11 is 0. The van der Waals surface area contributed by atoms with Crippen molar-refractivity contribution in [3.8, 4) is 0 Å². The van der Waals surface area contributed by atoms with Crippen molar-refractivity contribution in [2.24, 2.45) is 5.92 Å². The molecule has 11 heavy (non-hydrogen) atoms. The molecule has 0 heterocycles. The first-order valence-corrected chi connectivity index (χ1v) is 4.48. The second kappa shape index (κ2) is 5.56. The highest BCUT2D eigenvalue weighted by atomic mass is 16.3. The maximum atomic E-state index is 8.80. The fourth-order valence-electron chi connectivity index (χ4n) is 1.20. The first kappa shape index (κ1) is 10.9. The van der Waals surface area contributed by atoms with Gasteiger partial charge in [0.1, 0.15) is 0 Å². The minimum Gasteiger partial charge on any atom is -0.395 e. The number of nitrogens with one attached hydrogen (secondary N) is 1. The van der Waals surface area contributed by atoms with Gasteiger partial charge in [-0.1, -0.05) is 20.8 Å². The first-order chi connectivity index (χ1) is 5.11. The van der Waals surface area contributed by atoms with Crippen molar-refractivity contribution in [2.45, 2.75) is 46.2 Å². The second-order valence-electron chi connectivity index (χ2n) is 3.51. The van der Waals surface area contributed by atoms with Gasteiger partial charge < -0.3 is 10.4 Å². The lowest BCUT2D eigenvalue weighted by atomic mass is 10.0. The molecule has 0 spiro atoms. The third kappa shape index (κ3) is 4.38. The van der Waals surface area contributed by atoms with Gasteiger partial charge >= 0.3 is 0 Å². The lowest BCUT2D eigenvalue weighted by molar-refractivity contribution is 0.227. The second-order valence-corrected chi connectivity index (χ2v) is 3.51. The van der Waals surface area contributed by atoms with Crippen LogP contribution in [0.4, 0.5) is 0 Å². The molecule has 2 heteroatoms. The van der Waals surface area contributed by atoms with E-state index in [2.05, 4.69) is 26.1 Å². The molecule has 68 valence electrons. The number of aliphatic hydroxyl groups excluding tert-OH is 1. The Morgan fingerprint density at radius 3 is 2.09 bits per heavy atom. The van der Waals surface area contributed by atoms with Crippen LogP contribution >= 0.6 is 0 Å². The molecule has 2 nitrogen and oxygen atoms in total. The van der Waals surface area contributed by atoms with Crippen molar-refractivity contribution in [1.82, 2.24) is 5.32 Å². The summed E-state index contributed by atoms with van der Waals surface area (Å²) in [4.78, 5) is 0. The summed E-state index contributed by atoms with van der Waals surface area (Å²) in [6, 6.07) is 0.763. The topological polar surface area (TPSA) is 32.3 Å². The highest BCUT2D eigenvalue weighted by Gasteiger charge is 2.12. The lowest BCUT2D eigenvalue weighted by Gasteiger charge is -2.24. The molecular formula is C9H21NO. The van der Waals surface area contributed by atoms with Crippen molar-refractivity contribution in [3.05, 3.63) is 0 Å². The number of aliphatic hydroxyl groups is 1. The Bertz CT molecular complexity index is 93.6. The number of hydrogen-bond acceptors (Lipinski definition) is 2. The van der Waals surface area contributed by atoms with E-state index < -0.39 is 0 Å². The van der Waals surface area contributed by atoms with Crippen molar-refractivity contribution in [3.63, 3.8) is 0 Å². The molecule has 0 amide bonds. The Hall–Kier alpha value is -0.0800. The minimum atomic E-state index is 0.224. The summed E-state index contributed by atoms with van der Waals surface area (Å²) < 4.78 is 0. The molecule has 0 radical (unpaired) electrons. The van der Waals surface area contributed by atoms with Gasteiger partial charge in [-0.3, -0.25) is 0 Å². The fourth-order valence-corrected chi connectivity index (χ4v) is 1.20. The normalized spacial score (nSPS) is 16.9. The highest BCUT2D eigenvalue weighted by Crippen LogP contribution is 2.05. The van der Waals surface area contributed by atoms with Crippen LogP contribution in [0.1, 0.15) is 34.1 Å². The van der Waals surface area contributed by atoms with Crippen molar-refractivity contribution >= 4 is 0 Å². The van der Waals surface area contributed by atoms with Crippen LogP contribution < -0.4 is 5.32 Å². The Labute approximate surface area is 70.0 Å². The molecule has 0 rings (SSSR count). The van der Waals surface area contributed by atoms with Crippen LogP contribution in [0.3, 0.4) is 0 Å². The monoisotopic (exact) mass is 159 g/mol. The van der Waals surface area contributed by atoms with Crippen LogP contribution in [0.15, 0.2) is 0 Å². The van der Waals surface area contributed by atoms with Gasteiger partial charge in [0, 0.05) is 12.1 Å². The smallest absolute Gasteiger partial charge is 0.0582 e. The summed E-state index contributed by atoms with van der Waals surface area (Å²) in [5, 5.41) is 12.2. The molecule has 0 saturated heterocycles. The third-order valence-electron chi connectivity index (χ3n) is 2.02. The molecule has 2 N–H and O–H groups in total. The average molecular weight is 159 g/mol. The van der Waals surface area contributed by atoms with Crippen LogP contribution in [-0.4, -0.2) is 23.8 Å². The summed E-state index contributed by atoms with van der Waals surface area (Å²) in [5.41, 5.74) is 0. The van der Waals surface area contributed by atoms with Gasteiger partial charge in [0.25, 0.3) is 0 Å². The molecule has 0 unspecified atom stereocenters. The fraction of sp³-hybridized carbons (Fsp3) is 1.00. The van der Waals surface area contributed by atoms with Crippen molar-refractivity contribution < 1.29 is 5.11 Å². The molecule has 0 aromatic heterocycles. The van der Waals surface area contributed by atoms with E-state index in [1.807, 2.05) is 6.92 Å². The third-order valence-corrected chi connectivity index (χ3v) is 2.02. The van der Waals surface area contributed by atoms with Gasteiger partial charge in [-0.2, -0.15) is 0 Å². The van der Waals surface area contributed by atoms with Gasteiger partial charge in [-0.15, -0.1) is 0 Å². The van der Waals surface area contributed by atoms with Crippen LogP contribution in [-0.2, 0) is 0 Å². The molecular weight excluding hydrogens is 138 g/mol. The van der Waals surface area contributed by atoms with Crippen LogP contribution in [0.25, 0.3) is 0 Å². The summed E-state index contributed by atoms with van der Waals surface area (Å²) in [7, 11) is 0. The Kier molecular flexibility index (Phi) is 5.51. The highest BCUT2D eigenvalue weighted by molar-refractivity contribution is 4.72. The Morgan fingerprint density at radius 2 is 1.82 bits per heavy atom. The zero-order valence-electron chi connectivity index (χ0n) is 8.09. The van der Waals surface area contributed by atoms with E-state index in [1.165, 1.54) is 0 Å². The molecule has 0 aliphatic carbocycles. The van der Waals surface area contributed by atoms with Crippen LogP contribution in [0.5, 0.6) is 0 Å². The molecule has 0 aliphatic heterocycles. The van der Waals surface area contributed by atoms with E-state index in [-0.39, 0.29) is 12.6 Å². The maximum absolute atomic E-state index is 8.80.